The summed E-state index contributed by atoms with van der Waals surface area (Å²) in [6.07, 6.45) is 1.82. The lowest BCUT2D eigenvalue weighted by atomic mass is 10.1. The summed E-state index contributed by atoms with van der Waals surface area (Å²) >= 11 is 8.98. The van der Waals surface area contributed by atoms with Crippen LogP contribution in [0.25, 0.3) is 6.08 Å². The van der Waals surface area contributed by atoms with Crippen LogP contribution in [0, 0.1) is 6.92 Å². The van der Waals surface area contributed by atoms with Crippen LogP contribution in [0.5, 0.6) is 11.5 Å². The average Bonchev–Trinajstić information content (AvgIpc) is 2.93. The van der Waals surface area contributed by atoms with Gasteiger partial charge in [-0.15, -0.1) is 0 Å². The Kier molecular flexibility index (Phi) is 7.15. The molecule has 2 aromatic rings. The molecule has 30 heavy (non-hydrogen) atoms. The van der Waals surface area contributed by atoms with E-state index in [4.69, 9.17) is 21.7 Å². The highest BCUT2D eigenvalue weighted by Crippen LogP contribution is 2.36. The van der Waals surface area contributed by atoms with Crippen molar-refractivity contribution in [1.29, 1.82) is 0 Å². The molecule has 3 rings (SSSR count). The quantitative estimate of drug-likeness (QED) is 0.397. The van der Waals surface area contributed by atoms with Gasteiger partial charge in [-0.2, -0.15) is 0 Å². The van der Waals surface area contributed by atoms with E-state index in [2.05, 4.69) is 35.0 Å². The Morgan fingerprint density at radius 2 is 1.77 bits per heavy atom. The van der Waals surface area contributed by atoms with Crippen LogP contribution in [-0.4, -0.2) is 41.0 Å². The molecule has 0 unspecified atom stereocenters. The van der Waals surface area contributed by atoms with E-state index in [0.29, 0.717) is 42.1 Å². The van der Waals surface area contributed by atoms with Crippen LogP contribution in [0.3, 0.4) is 0 Å². The lowest BCUT2D eigenvalue weighted by molar-refractivity contribution is -0.122. The minimum Gasteiger partial charge on any atom is -0.490 e. The molecule has 0 bridgehead atoms. The van der Waals surface area contributed by atoms with E-state index in [1.165, 1.54) is 5.56 Å². The van der Waals surface area contributed by atoms with Crippen molar-refractivity contribution in [1.82, 2.24) is 9.80 Å². The summed E-state index contributed by atoms with van der Waals surface area (Å²) in [5, 5.41) is 0.507. The number of carbonyl (C=O) groups is 1. The molecule has 0 radical (unpaired) electrons. The van der Waals surface area contributed by atoms with Crippen molar-refractivity contribution in [2.75, 3.05) is 20.2 Å². The molecule has 1 aliphatic heterocycles. The van der Waals surface area contributed by atoms with Crippen LogP contribution in [-0.2, 0) is 11.4 Å². The Balaban J connectivity index is 1.90. The van der Waals surface area contributed by atoms with Gasteiger partial charge >= 0.3 is 0 Å². The summed E-state index contributed by atoms with van der Waals surface area (Å²) in [6, 6.07) is 12.0. The van der Waals surface area contributed by atoms with Crippen molar-refractivity contribution in [3.05, 3.63) is 63.3 Å². The number of thiocarbonyl (C=S) groups is 1. The molecule has 158 valence electrons. The third-order valence-electron chi connectivity index (χ3n) is 4.83. The minimum atomic E-state index is -0.102. The molecule has 0 spiro atoms. The third kappa shape index (κ3) is 4.68. The van der Waals surface area contributed by atoms with E-state index in [0.717, 1.165) is 15.6 Å². The Morgan fingerprint density at radius 1 is 1.10 bits per heavy atom. The van der Waals surface area contributed by atoms with Gasteiger partial charge in [-0.1, -0.05) is 45.8 Å². The van der Waals surface area contributed by atoms with Crippen LogP contribution in [0.2, 0.25) is 0 Å². The van der Waals surface area contributed by atoms with Crippen LogP contribution in [0.4, 0.5) is 0 Å². The Bertz CT molecular complexity index is 989. The summed E-state index contributed by atoms with van der Waals surface area (Å²) in [7, 11) is 1.80. The first-order valence-corrected chi connectivity index (χ1v) is 11.0. The van der Waals surface area contributed by atoms with Gasteiger partial charge in [-0.05, 0) is 62.3 Å². The van der Waals surface area contributed by atoms with Crippen molar-refractivity contribution in [3.8, 4) is 11.5 Å². The second kappa shape index (κ2) is 9.62. The molecule has 5 nitrogen and oxygen atoms in total. The lowest BCUT2D eigenvalue weighted by Gasteiger charge is -2.15. The molecule has 2 aromatic carbocycles. The van der Waals surface area contributed by atoms with Crippen LogP contribution in [0.15, 0.2) is 46.6 Å². The molecule has 1 amide bonds. The van der Waals surface area contributed by atoms with Gasteiger partial charge in [-0.3, -0.25) is 9.69 Å². The zero-order valence-electron chi connectivity index (χ0n) is 17.6. The maximum absolute atomic E-state index is 12.7. The molecule has 1 heterocycles. The highest BCUT2D eigenvalue weighted by Gasteiger charge is 2.34. The van der Waals surface area contributed by atoms with Gasteiger partial charge < -0.3 is 14.4 Å². The number of halogens is 1. The first-order chi connectivity index (χ1) is 14.3. The average molecular weight is 489 g/mol. The SMILES string of the molecule is CCOc1cc(/C=C2/C(=O)N(CC)C(=S)N2C)c(Br)cc1OCc1ccc(C)cc1. The summed E-state index contributed by atoms with van der Waals surface area (Å²) in [5.74, 6) is 1.17. The maximum Gasteiger partial charge on any atom is 0.276 e. The normalized spacial score (nSPS) is 15.3. The molecule has 0 saturated carbocycles. The second-order valence-electron chi connectivity index (χ2n) is 6.95. The minimum absolute atomic E-state index is 0.102. The number of aryl methyl sites for hydroxylation is 1. The molecule has 1 saturated heterocycles. The third-order valence-corrected chi connectivity index (χ3v) is 6.01. The van der Waals surface area contributed by atoms with Crippen molar-refractivity contribution < 1.29 is 14.3 Å². The molecule has 1 aliphatic rings. The fraction of sp³-hybridized carbons (Fsp3) is 0.304. The highest BCUT2D eigenvalue weighted by atomic mass is 79.9. The predicted octanol–water partition coefficient (Wildman–Crippen LogP) is 5.15. The van der Waals surface area contributed by atoms with E-state index in [1.54, 1.807) is 16.8 Å². The Morgan fingerprint density at radius 3 is 2.37 bits per heavy atom. The van der Waals surface area contributed by atoms with Crippen molar-refractivity contribution in [2.24, 2.45) is 0 Å². The number of carbonyl (C=O) groups excluding carboxylic acids is 1. The maximum atomic E-state index is 12.7. The van der Waals surface area contributed by atoms with Crippen LogP contribution < -0.4 is 9.47 Å². The van der Waals surface area contributed by atoms with Gasteiger partial charge in [-0.25, -0.2) is 0 Å². The Hall–Kier alpha value is -2.38. The summed E-state index contributed by atoms with van der Waals surface area (Å²) in [5.41, 5.74) is 3.63. The number of amides is 1. The van der Waals surface area contributed by atoms with E-state index < -0.39 is 0 Å². The second-order valence-corrected chi connectivity index (χ2v) is 8.17. The number of nitrogens with zero attached hydrogens (tertiary/aromatic N) is 2. The number of hydrogen-bond acceptors (Lipinski definition) is 4. The van der Waals surface area contributed by atoms with Gasteiger partial charge in [0.25, 0.3) is 5.91 Å². The van der Waals surface area contributed by atoms with Crippen molar-refractivity contribution in [3.63, 3.8) is 0 Å². The van der Waals surface area contributed by atoms with Crippen molar-refractivity contribution in [2.45, 2.75) is 27.4 Å². The van der Waals surface area contributed by atoms with Crippen molar-refractivity contribution >= 4 is 45.2 Å². The number of hydrogen-bond donors (Lipinski definition) is 0. The topological polar surface area (TPSA) is 42.0 Å². The summed E-state index contributed by atoms with van der Waals surface area (Å²) in [4.78, 5) is 16.0. The zero-order valence-corrected chi connectivity index (χ0v) is 20.0. The van der Waals surface area contributed by atoms with Gasteiger partial charge in [0.05, 0.1) is 6.61 Å². The summed E-state index contributed by atoms with van der Waals surface area (Å²) < 4.78 is 12.7. The Labute approximate surface area is 191 Å². The monoisotopic (exact) mass is 488 g/mol. The van der Waals surface area contributed by atoms with Gasteiger partial charge in [0.2, 0.25) is 0 Å². The molecule has 0 aliphatic carbocycles. The molecule has 0 atom stereocenters. The summed E-state index contributed by atoms with van der Waals surface area (Å²) in [6.45, 7) is 7.37. The fourth-order valence-electron chi connectivity index (χ4n) is 3.13. The van der Waals surface area contributed by atoms with E-state index in [9.17, 15) is 4.79 Å². The zero-order chi connectivity index (χ0) is 21.8. The molecule has 1 fully saturated rings. The highest BCUT2D eigenvalue weighted by molar-refractivity contribution is 9.10. The smallest absolute Gasteiger partial charge is 0.276 e. The standard InChI is InChI=1S/C23H25BrN2O3S/c1-5-26-22(27)19(25(4)23(26)30)11-17-12-20(28-6-2)21(13-18(17)24)29-14-16-9-7-15(3)8-10-16/h7-13H,5-6,14H2,1-4H3/b19-11-. The molecule has 0 N–H and O–H groups in total. The first kappa shape index (κ1) is 22.3. The lowest BCUT2D eigenvalue weighted by Crippen LogP contribution is -2.30. The number of benzene rings is 2. The van der Waals surface area contributed by atoms with Gasteiger partial charge in [0.1, 0.15) is 12.3 Å². The number of likely N-dealkylation sites (N-methyl/N-ethyl adjacent to an activating group) is 2. The molecular weight excluding hydrogens is 464 g/mol. The van der Waals surface area contributed by atoms with Crippen LogP contribution >= 0.6 is 28.1 Å². The molecule has 0 aromatic heterocycles. The number of rotatable bonds is 7. The largest absolute Gasteiger partial charge is 0.490 e. The van der Waals surface area contributed by atoms with E-state index in [-0.39, 0.29) is 5.91 Å². The van der Waals surface area contributed by atoms with Crippen LogP contribution in [0.1, 0.15) is 30.5 Å². The van der Waals surface area contributed by atoms with Gasteiger partial charge in [0, 0.05) is 18.1 Å². The van der Waals surface area contributed by atoms with E-state index >= 15 is 0 Å². The van der Waals surface area contributed by atoms with Gasteiger partial charge in [0.15, 0.2) is 16.6 Å². The number of ether oxygens (including phenoxy) is 2. The molecular formula is C23H25BrN2O3S. The van der Waals surface area contributed by atoms with E-state index in [1.807, 2.05) is 44.2 Å². The predicted molar refractivity (Wildman–Crippen MR) is 127 cm³/mol. The fourth-order valence-corrected chi connectivity index (χ4v) is 3.87. The first-order valence-electron chi connectivity index (χ1n) is 9.81. The molecule has 7 heteroatoms.